The highest BCUT2D eigenvalue weighted by atomic mass is 35.5. The Bertz CT molecular complexity index is 443. The van der Waals surface area contributed by atoms with Gasteiger partial charge >= 0.3 is 0 Å². The first-order valence-electron chi connectivity index (χ1n) is 8.23. The standard InChI is InChI=1S/C16H28N4O.ClH/c1-3-4-11-20-15(7-10-18-20)19-16(21)12-13(2)14-5-8-17-9-6-14;/h7,10,13-14,17H,3-6,8-9,11-12H2,1-2H3,(H,19,21);1H. The van der Waals surface area contributed by atoms with Crippen LogP contribution in [0.1, 0.15) is 46.0 Å². The third-order valence-corrected chi connectivity index (χ3v) is 4.40. The minimum Gasteiger partial charge on any atom is -0.317 e. The monoisotopic (exact) mass is 328 g/mol. The van der Waals surface area contributed by atoms with Crippen LogP contribution in [0.3, 0.4) is 0 Å². The number of aromatic nitrogens is 2. The van der Waals surface area contributed by atoms with Gasteiger partial charge in [0, 0.05) is 19.0 Å². The third kappa shape index (κ3) is 5.61. The zero-order valence-electron chi connectivity index (χ0n) is 13.7. The number of nitrogens with one attached hydrogen (secondary N) is 2. The number of halogens is 1. The SMILES string of the molecule is CCCCn1nccc1NC(=O)CC(C)C1CCNCC1.Cl. The van der Waals surface area contributed by atoms with Gasteiger partial charge in [-0.05, 0) is 44.2 Å². The zero-order chi connectivity index (χ0) is 15.1. The highest BCUT2D eigenvalue weighted by molar-refractivity contribution is 5.89. The topological polar surface area (TPSA) is 59.0 Å². The highest BCUT2D eigenvalue weighted by Crippen LogP contribution is 2.24. The van der Waals surface area contributed by atoms with Gasteiger partial charge in [0.15, 0.2) is 0 Å². The number of carbonyl (C=O) groups excluding carboxylic acids is 1. The molecule has 1 unspecified atom stereocenters. The molecular weight excluding hydrogens is 300 g/mol. The van der Waals surface area contributed by atoms with Gasteiger partial charge in [0.05, 0.1) is 6.20 Å². The number of amides is 1. The fourth-order valence-electron chi connectivity index (χ4n) is 2.99. The third-order valence-electron chi connectivity index (χ3n) is 4.40. The molecule has 6 heteroatoms. The minimum absolute atomic E-state index is 0. The van der Waals surface area contributed by atoms with Crippen molar-refractivity contribution < 1.29 is 4.79 Å². The van der Waals surface area contributed by atoms with E-state index in [1.807, 2.05) is 10.7 Å². The summed E-state index contributed by atoms with van der Waals surface area (Å²) in [4.78, 5) is 12.2. The van der Waals surface area contributed by atoms with Crippen molar-refractivity contribution in [3.63, 3.8) is 0 Å². The zero-order valence-corrected chi connectivity index (χ0v) is 14.5. The van der Waals surface area contributed by atoms with E-state index >= 15 is 0 Å². The average molecular weight is 329 g/mol. The Morgan fingerprint density at radius 3 is 2.91 bits per heavy atom. The summed E-state index contributed by atoms with van der Waals surface area (Å²) in [6, 6.07) is 1.88. The van der Waals surface area contributed by atoms with Gasteiger partial charge in [-0.3, -0.25) is 4.79 Å². The number of hydrogen-bond acceptors (Lipinski definition) is 3. The van der Waals surface area contributed by atoms with Gasteiger partial charge in [0.25, 0.3) is 0 Å². The molecule has 1 amide bonds. The van der Waals surface area contributed by atoms with Crippen molar-refractivity contribution in [3.8, 4) is 0 Å². The molecular formula is C16H29ClN4O. The molecule has 2 rings (SSSR count). The van der Waals surface area contributed by atoms with Crippen molar-refractivity contribution in [2.24, 2.45) is 11.8 Å². The van der Waals surface area contributed by atoms with E-state index in [9.17, 15) is 4.79 Å². The van der Waals surface area contributed by atoms with Gasteiger partial charge < -0.3 is 10.6 Å². The maximum Gasteiger partial charge on any atom is 0.225 e. The van der Waals surface area contributed by atoms with E-state index in [1.165, 1.54) is 12.8 Å². The van der Waals surface area contributed by atoms with Crippen molar-refractivity contribution in [2.45, 2.75) is 52.5 Å². The molecule has 1 atom stereocenters. The van der Waals surface area contributed by atoms with E-state index in [0.717, 1.165) is 38.3 Å². The molecule has 0 aliphatic carbocycles. The van der Waals surface area contributed by atoms with Crippen LogP contribution in [-0.4, -0.2) is 28.8 Å². The lowest BCUT2D eigenvalue weighted by Crippen LogP contribution is -2.32. The number of anilines is 1. The Balaban J connectivity index is 0.00000242. The van der Waals surface area contributed by atoms with Gasteiger partial charge in [-0.1, -0.05) is 20.3 Å². The van der Waals surface area contributed by atoms with Gasteiger partial charge in [-0.15, -0.1) is 12.4 Å². The Morgan fingerprint density at radius 2 is 2.23 bits per heavy atom. The number of unbranched alkanes of at least 4 members (excludes halogenated alkanes) is 1. The van der Waals surface area contributed by atoms with E-state index < -0.39 is 0 Å². The van der Waals surface area contributed by atoms with Crippen LogP contribution in [0.5, 0.6) is 0 Å². The molecule has 1 saturated heterocycles. The molecule has 2 N–H and O–H groups in total. The molecule has 2 heterocycles. The van der Waals surface area contributed by atoms with Crippen LogP contribution in [-0.2, 0) is 11.3 Å². The fraction of sp³-hybridized carbons (Fsp3) is 0.750. The average Bonchev–Trinajstić information content (AvgIpc) is 2.93. The molecule has 1 aliphatic heterocycles. The van der Waals surface area contributed by atoms with Crippen LogP contribution >= 0.6 is 12.4 Å². The second-order valence-electron chi connectivity index (χ2n) is 6.11. The predicted molar refractivity (Wildman–Crippen MR) is 92.4 cm³/mol. The van der Waals surface area contributed by atoms with Gasteiger partial charge in [-0.25, -0.2) is 4.68 Å². The Morgan fingerprint density at radius 1 is 1.50 bits per heavy atom. The molecule has 0 spiro atoms. The second kappa shape index (κ2) is 9.85. The number of hydrogen-bond donors (Lipinski definition) is 2. The van der Waals surface area contributed by atoms with E-state index in [-0.39, 0.29) is 18.3 Å². The van der Waals surface area contributed by atoms with Gasteiger partial charge in [0.1, 0.15) is 5.82 Å². The molecule has 0 saturated carbocycles. The molecule has 1 fully saturated rings. The summed E-state index contributed by atoms with van der Waals surface area (Å²) in [6.45, 7) is 7.39. The molecule has 1 aromatic heterocycles. The predicted octanol–water partition coefficient (Wildman–Crippen LogP) is 3.07. The lowest BCUT2D eigenvalue weighted by atomic mass is 9.84. The number of carbonyl (C=O) groups is 1. The summed E-state index contributed by atoms with van der Waals surface area (Å²) in [7, 11) is 0. The van der Waals surface area contributed by atoms with Crippen LogP contribution < -0.4 is 10.6 Å². The molecule has 0 radical (unpaired) electrons. The minimum atomic E-state index is 0. The first-order chi connectivity index (χ1) is 10.2. The summed E-state index contributed by atoms with van der Waals surface area (Å²) < 4.78 is 1.89. The van der Waals surface area contributed by atoms with Crippen LogP contribution in [0.15, 0.2) is 12.3 Å². The number of rotatable bonds is 7. The molecule has 22 heavy (non-hydrogen) atoms. The molecule has 126 valence electrons. The Kier molecular flexibility index (Phi) is 8.49. The second-order valence-corrected chi connectivity index (χ2v) is 6.11. The molecule has 5 nitrogen and oxygen atoms in total. The first kappa shape index (κ1) is 19.0. The van der Waals surface area contributed by atoms with Crippen molar-refractivity contribution >= 4 is 24.1 Å². The largest absolute Gasteiger partial charge is 0.317 e. The van der Waals surface area contributed by atoms with Crippen LogP contribution in [0.2, 0.25) is 0 Å². The van der Waals surface area contributed by atoms with E-state index in [2.05, 4.69) is 29.6 Å². The fourth-order valence-corrected chi connectivity index (χ4v) is 2.99. The molecule has 1 aromatic rings. The Hall–Kier alpha value is -1.07. The van der Waals surface area contributed by atoms with Crippen LogP contribution in [0, 0.1) is 11.8 Å². The van der Waals surface area contributed by atoms with E-state index in [4.69, 9.17) is 0 Å². The summed E-state index contributed by atoms with van der Waals surface area (Å²) >= 11 is 0. The van der Waals surface area contributed by atoms with Crippen LogP contribution in [0.25, 0.3) is 0 Å². The van der Waals surface area contributed by atoms with Crippen molar-refractivity contribution in [3.05, 3.63) is 12.3 Å². The maximum atomic E-state index is 12.2. The maximum absolute atomic E-state index is 12.2. The van der Waals surface area contributed by atoms with E-state index in [0.29, 0.717) is 18.3 Å². The van der Waals surface area contributed by atoms with Crippen molar-refractivity contribution in [1.29, 1.82) is 0 Å². The van der Waals surface area contributed by atoms with Gasteiger partial charge in [0.2, 0.25) is 5.91 Å². The summed E-state index contributed by atoms with van der Waals surface area (Å²) in [6.07, 6.45) is 6.92. The Labute approximate surface area is 139 Å². The van der Waals surface area contributed by atoms with E-state index in [1.54, 1.807) is 6.20 Å². The number of nitrogens with zero attached hydrogens (tertiary/aromatic N) is 2. The number of piperidine rings is 1. The van der Waals surface area contributed by atoms with Crippen molar-refractivity contribution in [2.75, 3.05) is 18.4 Å². The smallest absolute Gasteiger partial charge is 0.225 e. The normalized spacial score (nSPS) is 16.8. The molecule has 1 aliphatic rings. The van der Waals surface area contributed by atoms with Gasteiger partial charge in [-0.2, -0.15) is 5.10 Å². The lowest BCUT2D eigenvalue weighted by Gasteiger charge is -2.27. The summed E-state index contributed by atoms with van der Waals surface area (Å²) in [5, 5.41) is 10.7. The highest BCUT2D eigenvalue weighted by Gasteiger charge is 2.22. The quantitative estimate of drug-likeness (QED) is 0.808. The first-order valence-corrected chi connectivity index (χ1v) is 8.23. The number of aryl methyl sites for hydroxylation is 1. The molecule has 0 bridgehead atoms. The summed E-state index contributed by atoms with van der Waals surface area (Å²) in [5.74, 6) is 2.05. The molecule has 0 aromatic carbocycles. The van der Waals surface area contributed by atoms with Crippen molar-refractivity contribution in [1.82, 2.24) is 15.1 Å². The summed E-state index contributed by atoms with van der Waals surface area (Å²) in [5.41, 5.74) is 0. The van der Waals surface area contributed by atoms with Crippen LogP contribution in [0.4, 0.5) is 5.82 Å². The lowest BCUT2D eigenvalue weighted by molar-refractivity contribution is -0.117.